The number of carbonyl (C=O) groups is 1. The Labute approximate surface area is 131 Å². The molecule has 0 saturated heterocycles. The molecule has 0 aliphatic carbocycles. The van der Waals surface area contributed by atoms with Crippen molar-refractivity contribution in [1.82, 2.24) is 4.90 Å². The minimum Gasteiger partial charge on any atom is -0.489 e. The molecule has 0 amide bonds. The highest BCUT2D eigenvalue weighted by molar-refractivity contribution is 5.92. The summed E-state index contributed by atoms with van der Waals surface area (Å²) in [6.45, 7) is 6.67. The molecule has 122 valence electrons. The second-order valence-corrected chi connectivity index (χ2v) is 5.60. The van der Waals surface area contributed by atoms with E-state index in [0.29, 0.717) is 24.2 Å². The van der Waals surface area contributed by atoms with E-state index in [1.54, 1.807) is 0 Å². The molecule has 0 saturated carbocycles. The van der Waals surface area contributed by atoms with Crippen LogP contribution in [0.5, 0.6) is 5.75 Å². The molecule has 1 aliphatic heterocycles. The number of hydrogen-bond donors (Lipinski definition) is 0. The Morgan fingerprint density at radius 2 is 2.05 bits per heavy atom. The maximum absolute atomic E-state index is 14.0. The van der Waals surface area contributed by atoms with Crippen LogP contribution in [0.1, 0.15) is 42.6 Å². The SMILES string of the molecule is CCCN(CCC)[C@H]1COc2c(F)ccc(C(=O)OC)c2C1. The molecule has 1 atom stereocenters. The van der Waals surface area contributed by atoms with Crippen LogP contribution >= 0.6 is 0 Å². The van der Waals surface area contributed by atoms with E-state index in [1.165, 1.54) is 19.2 Å². The summed E-state index contributed by atoms with van der Waals surface area (Å²) in [5, 5.41) is 0. The molecule has 22 heavy (non-hydrogen) atoms. The number of nitrogens with zero attached hydrogens (tertiary/aromatic N) is 1. The van der Waals surface area contributed by atoms with Crippen molar-refractivity contribution in [2.24, 2.45) is 0 Å². The number of benzene rings is 1. The van der Waals surface area contributed by atoms with Gasteiger partial charge in [-0.1, -0.05) is 13.8 Å². The number of fused-ring (bicyclic) bond motifs is 1. The van der Waals surface area contributed by atoms with Gasteiger partial charge in [-0.3, -0.25) is 4.90 Å². The Hall–Kier alpha value is -1.62. The second kappa shape index (κ2) is 7.58. The van der Waals surface area contributed by atoms with Crippen molar-refractivity contribution >= 4 is 5.97 Å². The number of methoxy groups -OCH3 is 1. The summed E-state index contributed by atoms with van der Waals surface area (Å²) in [6.07, 6.45) is 2.71. The quantitative estimate of drug-likeness (QED) is 0.757. The zero-order valence-electron chi connectivity index (χ0n) is 13.5. The van der Waals surface area contributed by atoms with Gasteiger partial charge in [0.05, 0.1) is 12.7 Å². The van der Waals surface area contributed by atoms with Gasteiger partial charge in [-0.25, -0.2) is 9.18 Å². The number of carbonyl (C=O) groups excluding carboxylic acids is 1. The molecule has 1 aliphatic rings. The van der Waals surface area contributed by atoms with E-state index < -0.39 is 11.8 Å². The van der Waals surface area contributed by atoms with Gasteiger partial charge in [-0.2, -0.15) is 0 Å². The van der Waals surface area contributed by atoms with Crippen molar-refractivity contribution < 1.29 is 18.7 Å². The van der Waals surface area contributed by atoms with Gasteiger partial charge in [0, 0.05) is 11.6 Å². The lowest BCUT2D eigenvalue weighted by Crippen LogP contribution is -2.44. The van der Waals surface area contributed by atoms with Crippen molar-refractivity contribution in [3.8, 4) is 5.75 Å². The summed E-state index contributed by atoms with van der Waals surface area (Å²) in [4.78, 5) is 14.3. The Kier molecular flexibility index (Phi) is 5.77. The first-order valence-corrected chi connectivity index (χ1v) is 7.88. The van der Waals surface area contributed by atoms with Crippen molar-refractivity contribution in [3.05, 3.63) is 29.1 Å². The average molecular weight is 309 g/mol. The summed E-state index contributed by atoms with van der Waals surface area (Å²) < 4.78 is 24.4. The van der Waals surface area contributed by atoms with E-state index in [2.05, 4.69) is 18.7 Å². The summed E-state index contributed by atoms with van der Waals surface area (Å²) in [6, 6.07) is 2.91. The Bertz CT molecular complexity index is 527. The van der Waals surface area contributed by atoms with Gasteiger partial charge >= 0.3 is 5.97 Å². The summed E-state index contributed by atoms with van der Waals surface area (Å²) in [5.41, 5.74) is 1.02. The normalized spacial score (nSPS) is 17.0. The van der Waals surface area contributed by atoms with Gasteiger partial charge in [-0.05, 0) is 44.5 Å². The molecule has 0 fully saturated rings. The lowest BCUT2D eigenvalue weighted by atomic mass is 9.95. The molecule has 4 nitrogen and oxygen atoms in total. The first-order chi connectivity index (χ1) is 10.6. The third kappa shape index (κ3) is 3.40. The highest BCUT2D eigenvalue weighted by Crippen LogP contribution is 2.32. The number of hydrogen-bond acceptors (Lipinski definition) is 4. The average Bonchev–Trinajstić information content (AvgIpc) is 2.54. The zero-order chi connectivity index (χ0) is 16.1. The lowest BCUT2D eigenvalue weighted by molar-refractivity contribution is 0.0593. The predicted octanol–water partition coefficient (Wildman–Crippen LogP) is 3.04. The van der Waals surface area contributed by atoms with Crippen LogP contribution in [0.3, 0.4) is 0 Å². The van der Waals surface area contributed by atoms with Crippen LogP contribution in [0.4, 0.5) is 4.39 Å². The standard InChI is InChI=1S/C17H24FNO3/c1-4-8-19(9-5-2)12-10-14-13(17(20)21-3)6-7-15(18)16(14)22-11-12/h6-7,12H,4-5,8-11H2,1-3H3/t12-/m1/s1. The molecule has 1 aromatic rings. The molecule has 0 aromatic heterocycles. The fourth-order valence-electron chi connectivity index (χ4n) is 3.02. The van der Waals surface area contributed by atoms with Gasteiger partial charge in [-0.15, -0.1) is 0 Å². The summed E-state index contributed by atoms with van der Waals surface area (Å²) >= 11 is 0. The highest BCUT2D eigenvalue weighted by Gasteiger charge is 2.30. The molecule has 1 heterocycles. The maximum atomic E-state index is 14.0. The maximum Gasteiger partial charge on any atom is 0.338 e. The Balaban J connectivity index is 2.31. The molecule has 0 N–H and O–H groups in total. The highest BCUT2D eigenvalue weighted by atomic mass is 19.1. The molecular formula is C17H24FNO3. The van der Waals surface area contributed by atoms with Crippen molar-refractivity contribution in [3.63, 3.8) is 0 Å². The fourth-order valence-corrected chi connectivity index (χ4v) is 3.02. The molecule has 2 rings (SSSR count). The van der Waals surface area contributed by atoms with Crippen molar-refractivity contribution in [2.75, 3.05) is 26.8 Å². The predicted molar refractivity (Wildman–Crippen MR) is 82.9 cm³/mol. The Morgan fingerprint density at radius 1 is 1.36 bits per heavy atom. The van der Waals surface area contributed by atoms with Gasteiger partial charge in [0.25, 0.3) is 0 Å². The number of halogens is 1. The van der Waals surface area contributed by atoms with Crippen LogP contribution in [0, 0.1) is 5.82 Å². The third-order valence-electron chi connectivity index (χ3n) is 4.02. The van der Waals surface area contributed by atoms with Gasteiger partial charge in [0.15, 0.2) is 11.6 Å². The van der Waals surface area contributed by atoms with E-state index in [0.717, 1.165) is 25.9 Å². The van der Waals surface area contributed by atoms with Crippen molar-refractivity contribution in [2.45, 2.75) is 39.2 Å². The summed E-state index contributed by atoms with van der Waals surface area (Å²) in [7, 11) is 1.33. The van der Waals surface area contributed by atoms with Crippen LogP contribution in [0.2, 0.25) is 0 Å². The van der Waals surface area contributed by atoms with Crippen LogP contribution in [0.15, 0.2) is 12.1 Å². The number of rotatable bonds is 6. The van der Waals surface area contributed by atoms with Crippen LogP contribution < -0.4 is 4.74 Å². The van der Waals surface area contributed by atoms with Crippen LogP contribution in [0.25, 0.3) is 0 Å². The zero-order valence-corrected chi connectivity index (χ0v) is 13.5. The molecule has 5 heteroatoms. The molecule has 0 bridgehead atoms. The number of ether oxygens (including phenoxy) is 2. The van der Waals surface area contributed by atoms with Gasteiger partial charge in [0.2, 0.25) is 0 Å². The second-order valence-electron chi connectivity index (χ2n) is 5.60. The van der Waals surface area contributed by atoms with E-state index in [1.807, 2.05) is 0 Å². The molecule has 0 radical (unpaired) electrons. The van der Waals surface area contributed by atoms with E-state index >= 15 is 0 Å². The molecule has 1 aromatic carbocycles. The van der Waals surface area contributed by atoms with Gasteiger partial charge in [0.1, 0.15) is 6.61 Å². The van der Waals surface area contributed by atoms with E-state index in [9.17, 15) is 9.18 Å². The topological polar surface area (TPSA) is 38.8 Å². The Morgan fingerprint density at radius 3 is 2.64 bits per heavy atom. The first-order valence-electron chi connectivity index (χ1n) is 7.88. The van der Waals surface area contributed by atoms with Crippen molar-refractivity contribution in [1.29, 1.82) is 0 Å². The summed E-state index contributed by atoms with van der Waals surface area (Å²) in [5.74, 6) is -0.663. The molecular weight excluding hydrogens is 285 g/mol. The molecule has 0 unspecified atom stereocenters. The largest absolute Gasteiger partial charge is 0.489 e. The molecule has 0 spiro atoms. The minimum absolute atomic E-state index is 0.164. The van der Waals surface area contributed by atoms with E-state index in [4.69, 9.17) is 9.47 Å². The minimum atomic E-state index is -0.446. The fraction of sp³-hybridized carbons (Fsp3) is 0.588. The van der Waals surface area contributed by atoms with Crippen LogP contribution in [-0.4, -0.2) is 43.7 Å². The van der Waals surface area contributed by atoms with Crippen LogP contribution in [-0.2, 0) is 11.2 Å². The third-order valence-corrected chi connectivity index (χ3v) is 4.02. The monoisotopic (exact) mass is 309 g/mol. The first kappa shape index (κ1) is 16.7. The van der Waals surface area contributed by atoms with E-state index in [-0.39, 0.29) is 11.8 Å². The lowest BCUT2D eigenvalue weighted by Gasteiger charge is -2.35. The smallest absolute Gasteiger partial charge is 0.338 e. The van der Waals surface area contributed by atoms with Gasteiger partial charge < -0.3 is 9.47 Å². The number of esters is 1.